The number of para-hydroxylation sites is 1. The maximum absolute atomic E-state index is 5.78. The first kappa shape index (κ1) is 14.4. The lowest BCUT2D eigenvalue weighted by molar-refractivity contribution is 0.482. The van der Waals surface area contributed by atoms with Gasteiger partial charge in [-0.1, -0.05) is 46.3 Å². The molecule has 0 N–H and O–H groups in total. The fourth-order valence-electron chi connectivity index (χ4n) is 1.99. The van der Waals surface area contributed by atoms with Crippen LogP contribution in [0.2, 0.25) is 0 Å². The molecule has 21 heavy (non-hydrogen) atoms. The molecule has 1 unspecified atom stereocenters. The molecule has 2 nitrogen and oxygen atoms in total. The van der Waals surface area contributed by atoms with Gasteiger partial charge in [-0.25, -0.2) is 0 Å². The van der Waals surface area contributed by atoms with Crippen LogP contribution < -0.4 is 4.74 Å². The number of alkyl halides is 1. The summed E-state index contributed by atoms with van der Waals surface area (Å²) in [5, 5.41) is 0. The van der Waals surface area contributed by atoms with E-state index in [4.69, 9.17) is 9.15 Å². The van der Waals surface area contributed by atoms with E-state index in [2.05, 4.69) is 31.9 Å². The van der Waals surface area contributed by atoms with E-state index in [0.717, 1.165) is 27.3 Å². The molecule has 3 rings (SSSR count). The third kappa shape index (κ3) is 3.39. The first-order chi connectivity index (χ1) is 10.2. The Balaban J connectivity index is 1.77. The number of rotatable bonds is 4. The molecule has 0 aliphatic rings. The highest BCUT2D eigenvalue weighted by molar-refractivity contribution is 9.10. The maximum atomic E-state index is 5.78. The minimum atomic E-state index is 0.0800. The highest BCUT2D eigenvalue weighted by Crippen LogP contribution is 2.36. The summed E-state index contributed by atoms with van der Waals surface area (Å²) in [6.07, 6.45) is 1.67. The zero-order valence-electron chi connectivity index (χ0n) is 11.0. The Morgan fingerprint density at radius 3 is 2.14 bits per heavy atom. The Morgan fingerprint density at radius 2 is 1.52 bits per heavy atom. The standard InChI is InChI=1S/C17H12Br2O2/c18-16(15-10-11-20-17(15)19)12-6-8-14(9-7-12)21-13-4-2-1-3-5-13/h1-11,16H. The molecule has 0 saturated carbocycles. The van der Waals surface area contributed by atoms with Crippen LogP contribution in [-0.4, -0.2) is 0 Å². The fourth-order valence-corrected chi connectivity index (χ4v) is 3.44. The van der Waals surface area contributed by atoms with Crippen molar-refractivity contribution in [3.63, 3.8) is 0 Å². The van der Waals surface area contributed by atoms with Crippen LogP contribution in [0.3, 0.4) is 0 Å². The van der Waals surface area contributed by atoms with Gasteiger partial charge in [0.05, 0.1) is 11.1 Å². The Kier molecular flexibility index (Phi) is 4.46. The largest absolute Gasteiger partial charge is 0.457 e. The van der Waals surface area contributed by atoms with Gasteiger partial charge in [0.15, 0.2) is 4.67 Å². The molecule has 0 spiro atoms. The first-order valence-electron chi connectivity index (χ1n) is 6.44. The molecule has 1 atom stereocenters. The monoisotopic (exact) mass is 406 g/mol. The smallest absolute Gasteiger partial charge is 0.173 e. The second-order valence-corrected chi connectivity index (χ2v) is 6.13. The second kappa shape index (κ2) is 6.50. The normalized spacial score (nSPS) is 12.1. The van der Waals surface area contributed by atoms with Crippen molar-refractivity contribution in [2.75, 3.05) is 0 Å². The molecule has 0 amide bonds. The summed E-state index contributed by atoms with van der Waals surface area (Å²) in [4.78, 5) is 0.0800. The van der Waals surface area contributed by atoms with Gasteiger partial charge in [-0.05, 0) is 51.8 Å². The van der Waals surface area contributed by atoms with Crippen LogP contribution in [0.4, 0.5) is 0 Å². The molecule has 0 bridgehead atoms. The summed E-state index contributed by atoms with van der Waals surface area (Å²) < 4.78 is 11.8. The van der Waals surface area contributed by atoms with Gasteiger partial charge in [-0.3, -0.25) is 0 Å². The van der Waals surface area contributed by atoms with Gasteiger partial charge < -0.3 is 9.15 Å². The van der Waals surface area contributed by atoms with Gasteiger partial charge in [0, 0.05) is 5.56 Å². The predicted molar refractivity (Wildman–Crippen MR) is 90.1 cm³/mol. The summed E-state index contributed by atoms with van der Waals surface area (Å²) in [5.41, 5.74) is 2.20. The van der Waals surface area contributed by atoms with Crippen LogP contribution in [0.5, 0.6) is 11.5 Å². The molecule has 1 heterocycles. The number of hydrogen-bond donors (Lipinski definition) is 0. The van der Waals surface area contributed by atoms with E-state index in [1.807, 2.05) is 60.7 Å². The lowest BCUT2D eigenvalue weighted by Gasteiger charge is -2.10. The molecular formula is C17H12Br2O2. The van der Waals surface area contributed by atoms with Crippen LogP contribution in [0.25, 0.3) is 0 Å². The van der Waals surface area contributed by atoms with Crippen LogP contribution in [0.1, 0.15) is 16.0 Å². The van der Waals surface area contributed by atoms with Gasteiger partial charge in [0.2, 0.25) is 0 Å². The highest BCUT2D eigenvalue weighted by atomic mass is 79.9. The first-order valence-corrected chi connectivity index (χ1v) is 8.15. The number of hydrogen-bond acceptors (Lipinski definition) is 2. The Morgan fingerprint density at radius 1 is 0.857 bits per heavy atom. The van der Waals surface area contributed by atoms with Gasteiger partial charge in [0.25, 0.3) is 0 Å². The van der Waals surface area contributed by atoms with Crippen molar-refractivity contribution in [2.24, 2.45) is 0 Å². The minimum absolute atomic E-state index is 0.0800. The summed E-state index contributed by atoms with van der Waals surface area (Å²) in [6.45, 7) is 0. The van der Waals surface area contributed by atoms with E-state index < -0.39 is 0 Å². The van der Waals surface area contributed by atoms with Crippen molar-refractivity contribution in [3.8, 4) is 11.5 Å². The molecule has 1 aromatic heterocycles. The molecule has 3 aromatic rings. The number of benzene rings is 2. The van der Waals surface area contributed by atoms with Gasteiger partial charge in [-0.2, -0.15) is 0 Å². The number of furan rings is 1. The van der Waals surface area contributed by atoms with E-state index in [0.29, 0.717) is 0 Å². The van der Waals surface area contributed by atoms with E-state index in [9.17, 15) is 0 Å². The number of ether oxygens (including phenoxy) is 1. The Bertz CT molecular complexity index is 705. The molecular weight excluding hydrogens is 396 g/mol. The van der Waals surface area contributed by atoms with Crippen molar-refractivity contribution < 1.29 is 9.15 Å². The number of halogens is 2. The van der Waals surface area contributed by atoms with Crippen LogP contribution in [0, 0.1) is 0 Å². The zero-order valence-corrected chi connectivity index (χ0v) is 14.2. The van der Waals surface area contributed by atoms with Crippen LogP contribution >= 0.6 is 31.9 Å². The lowest BCUT2D eigenvalue weighted by Crippen LogP contribution is -1.92. The predicted octanol–water partition coefficient (Wildman–Crippen LogP) is 6.32. The van der Waals surface area contributed by atoms with Crippen LogP contribution in [-0.2, 0) is 0 Å². The SMILES string of the molecule is Brc1occc1C(Br)c1ccc(Oc2ccccc2)cc1. The van der Waals surface area contributed by atoms with Crippen molar-refractivity contribution in [1.82, 2.24) is 0 Å². The Labute approximate surface area is 140 Å². The van der Waals surface area contributed by atoms with Crippen molar-refractivity contribution in [1.29, 1.82) is 0 Å². The molecule has 0 saturated heterocycles. The molecule has 0 fully saturated rings. The molecule has 106 valence electrons. The van der Waals surface area contributed by atoms with Crippen molar-refractivity contribution in [3.05, 3.63) is 82.7 Å². The average molecular weight is 408 g/mol. The maximum Gasteiger partial charge on any atom is 0.173 e. The average Bonchev–Trinajstić information content (AvgIpc) is 2.94. The van der Waals surface area contributed by atoms with Gasteiger partial charge >= 0.3 is 0 Å². The van der Waals surface area contributed by atoms with E-state index in [1.165, 1.54) is 0 Å². The molecule has 2 aromatic carbocycles. The molecule has 0 radical (unpaired) electrons. The lowest BCUT2D eigenvalue weighted by atomic mass is 10.1. The summed E-state index contributed by atoms with van der Waals surface area (Å²) in [6, 6.07) is 19.7. The third-order valence-corrected chi connectivity index (χ3v) is 4.74. The van der Waals surface area contributed by atoms with E-state index >= 15 is 0 Å². The quantitative estimate of drug-likeness (QED) is 0.472. The minimum Gasteiger partial charge on any atom is -0.457 e. The van der Waals surface area contributed by atoms with Crippen molar-refractivity contribution >= 4 is 31.9 Å². The van der Waals surface area contributed by atoms with Gasteiger partial charge in [-0.15, -0.1) is 0 Å². The summed E-state index contributed by atoms with van der Waals surface area (Å²) in [7, 11) is 0. The summed E-state index contributed by atoms with van der Waals surface area (Å²) in [5.74, 6) is 1.65. The highest BCUT2D eigenvalue weighted by Gasteiger charge is 2.15. The van der Waals surface area contributed by atoms with Crippen LogP contribution in [0.15, 0.2) is 76.0 Å². The molecule has 4 heteroatoms. The Hall–Kier alpha value is -1.52. The van der Waals surface area contributed by atoms with E-state index in [1.54, 1.807) is 6.26 Å². The zero-order chi connectivity index (χ0) is 14.7. The second-order valence-electron chi connectivity index (χ2n) is 4.50. The van der Waals surface area contributed by atoms with Crippen molar-refractivity contribution in [2.45, 2.75) is 4.83 Å². The molecule has 0 aliphatic heterocycles. The van der Waals surface area contributed by atoms with E-state index in [-0.39, 0.29) is 4.83 Å². The molecule has 0 aliphatic carbocycles. The summed E-state index contributed by atoms with van der Waals surface area (Å²) >= 11 is 7.09. The third-order valence-electron chi connectivity index (χ3n) is 3.07. The fraction of sp³-hybridized carbons (Fsp3) is 0.0588. The van der Waals surface area contributed by atoms with Gasteiger partial charge in [0.1, 0.15) is 11.5 Å². The topological polar surface area (TPSA) is 22.4 Å².